The Balaban J connectivity index is 1.48. The summed E-state index contributed by atoms with van der Waals surface area (Å²) in [5.74, 6) is -0.440. The maximum atomic E-state index is 13.1. The van der Waals surface area contributed by atoms with E-state index in [1.54, 1.807) is 30.9 Å². The summed E-state index contributed by atoms with van der Waals surface area (Å²) in [5.41, 5.74) is 2.53. The number of aromatic nitrogens is 4. The lowest BCUT2D eigenvalue weighted by Crippen LogP contribution is -2.27. The fourth-order valence-corrected chi connectivity index (χ4v) is 3.73. The number of ether oxygens (including phenoxy) is 1. The molecule has 2 amide bonds. The first-order chi connectivity index (χ1) is 16.6. The number of fused-ring (bicyclic) bond motifs is 1. The van der Waals surface area contributed by atoms with Crippen LogP contribution in [0.25, 0.3) is 0 Å². The molecule has 0 aromatic carbocycles. The number of nitrogens with zero attached hydrogens (tertiary/aromatic N) is 5. The molecule has 9 nitrogen and oxygen atoms in total. The number of halogens is 3. The number of pyridine rings is 2. The number of nitrogens with one attached hydrogen (secondary N) is 1. The van der Waals surface area contributed by atoms with Gasteiger partial charge in [-0.05, 0) is 31.5 Å². The lowest BCUT2D eigenvalue weighted by Gasteiger charge is -2.25. The van der Waals surface area contributed by atoms with Crippen LogP contribution in [-0.2, 0) is 17.8 Å². The van der Waals surface area contributed by atoms with Crippen LogP contribution in [0.2, 0.25) is 0 Å². The molecule has 0 saturated carbocycles. The third-order valence-electron chi connectivity index (χ3n) is 5.47. The second-order valence-corrected chi connectivity index (χ2v) is 8.01. The van der Waals surface area contributed by atoms with Gasteiger partial charge in [0.15, 0.2) is 6.61 Å². The smallest absolute Gasteiger partial charge is 0.422 e. The Morgan fingerprint density at radius 2 is 2.00 bits per heavy atom. The molecule has 35 heavy (non-hydrogen) atoms. The van der Waals surface area contributed by atoms with E-state index < -0.39 is 18.8 Å². The van der Waals surface area contributed by atoms with E-state index in [0.717, 1.165) is 0 Å². The maximum Gasteiger partial charge on any atom is 0.422 e. The first-order valence-corrected chi connectivity index (χ1v) is 10.6. The molecule has 3 aromatic heterocycles. The maximum absolute atomic E-state index is 13.1. The van der Waals surface area contributed by atoms with E-state index in [-0.39, 0.29) is 36.5 Å². The molecule has 182 valence electrons. The summed E-state index contributed by atoms with van der Waals surface area (Å²) in [4.78, 5) is 43.4. The van der Waals surface area contributed by atoms with Gasteiger partial charge in [-0.3, -0.25) is 19.6 Å². The zero-order valence-corrected chi connectivity index (χ0v) is 18.8. The van der Waals surface area contributed by atoms with Crippen LogP contribution in [0, 0.1) is 6.92 Å². The van der Waals surface area contributed by atoms with Crippen LogP contribution in [-0.4, -0.2) is 49.4 Å². The van der Waals surface area contributed by atoms with Gasteiger partial charge in [-0.2, -0.15) is 13.2 Å². The third kappa shape index (κ3) is 5.53. The minimum Gasteiger partial charge on any atom is -0.468 e. The highest BCUT2D eigenvalue weighted by atomic mass is 19.4. The summed E-state index contributed by atoms with van der Waals surface area (Å²) in [6.45, 7) is 2.13. The molecule has 0 aliphatic carbocycles. The molecule has 1 atom stereocenters. The largest absolute Gasteiger partial charge is 0.468 e. The van der Waals surface area contributed by atoms with Crippen LogP contribution in [0.4, 0.5) is 19.0 Å². The summed E-state index contributed by atoms with van der Waals surface area (Å²) >= 11 is 0. The zero-order valence-electron chi connectivity index (χ0n) is 18.8. The van der Waals surface area contributed by atoms with Crippen LogP contribution in [0.3, 0.4) is 0 Å². The number of carbonyl (C=O) groups is 2. The predicted octanol–water partition coefficient (Wildman–Crippen LogP) is 3.41. The monoisotopic (exact) mass is 486 g/mol. The molecule has 4 rings (SSSR count). The van der Waals surface area contributed by atoms with Gasteiger partial charge in [0.2, 0.25) is 11.8 Å². The van der Waals surface area contributed by atoms with Crippen molar-refractivity contribution in [1.82, 2.24) is 24.8 Å². The Morgan fingerprint density at radius 1 is 1.20 bits per heavy atom. The average Bonchev–Trinajstić information content (AvgIpc) is 3.15. The summed E-state index contributed by atoms with van der Waals surface area (Å²) in [6, 6.07) is 2.78. The topological polar surface area (TPSA) is 110 Å². The lowest BCUT2D eigenvalue weighted by molar-refractivity contribution is -0.154. The van der Waals surface area contributed by atoms with Gasteiger partial charge < -0.3 is 15.0 Å². The first-order valence-electron chi connectivity index (χ1n) is 10.6. The molecule has 0 spiro atoms. The van der Waals surface area contributed by atoms with Crippen molar-refractivity contribution in [2.45, 2.75) is 39.0 Å². The normalized spacial score (nSPS) is 14.0. The molecule has 1 aliphatic heterocycles. The van der Waals surface area contributed by atoms with Gasteiger partial charge >= 0.3 is 6.18 Å². The van der Waals surface area contributed by atoms with Crippen LogP contribution in [0.1, 0.15) is 45.7 Å². The average molecular weight is 486 g/mol. The Morgan fingerprint density at radius 3 is 2.69 bits per heavy atom. The van der Waals surface area contributed by atoms with Gasteiger partial charge in [0.05, 0.1) is 24.7 Å². The van der Waals surface area contributed by atoms with Crippen molar-refractivity contribution in [2.24, 2.45) is 0 Å². The minimum absolute atomic E-state index is 0.000948. The Kier molecular flexibility index (Phi) is 6.63. The van der Waals surface area contributed by atoms with Crippen molar-refractivity contribution >= 4 is 17.6 Å². The van der Waals surface area contributed by atoms with E-state index in [1.165, 1.54) is 31.0 Å². The van der Waals surface area contributed by atoms with E-state index >= 15 is 0 Å². The van der Waals surface area contributed by atoms with E-state index in [2.05, 4.69) is 25.3 Å². The molecule has 1 unspecified atom stereocenters. The zero-order chi connectivity index (χ0) is 25.2. The van der Waals surface area contributed by atoms with Crippen molar-refractivity contribution in [1.29, 1.82) is 0 Å². The van der Waals surface area contributed by atoms with Crippen LogP contribution < -0.4 is 10.1 Å². The van der Waals surface area contributed by atoms with Crippen molar-refractivity contribution in [2.75, 3.05) is 11.9 Å². The molecule has 1 N–H and O–H groups in total. The number of hydrogen-bond acceptors (Lipinski definition) is 7. The molecule has 0 fully saturated rings. The van der Waals surface area contributed by atoms with Crippen molar-refractivity contribution in [3.63, 3.8) is 0 Å². The van der Waals surface area contributed by atoms with Gasteiger partial charge in [0, 0.05) is 47.7 Å². The predicted molar refractivity (Wildman–Crippen MR) is 117 cm³/mol. The van der Waals surface area contributed by atoms with Crippen LogP contribution in [0.5, 0.6) is 5.88 Å². The SMILES string of the molecule is Cc1cc(C(C)N2Cc3c(ccnc3NC(=O)Cc3cnccn3)C2=O)cnc1OCC(F)(F)F. The summed E-state index contributed by atoms with van der Waals surface area (Å²) in [5, 5.41) is 2.74. The van der Waals surface area contributed by atoms with Crippen molar-refractivity contribution in [3.05, 3.63) is 71.1 Å². The highest BCUT2D eigenvalue weighted by Gasteiger charge is 2.34. The fraction of sp³-hybridized carbons (Fsp3) is 0.304. The Labute approximate surface area is 198 Å². The molecule has 3 aromatic rings. The van der Waals surface area contributed by atoms with Gasteiger partial charge in [-0.25, -0.2) is 9.97 Å². The minimum atomic E-state index is -4.47. The molecule has 1 aliphatic rings. The molecule has 0 radical (unpaired) electrons. The number of aryl methyl sites for hydroxylation is 1. The quantitative estimate of drug-likeness (QED) is 0.545. The third-order valence-corrected chi connectivity index (χ3v) is 5.47. The summed E-state index contributed by atoms with van der Waals surface area (Å²) < 4.78 is 42.1. The lowest BCUT2D eigenvalue weighted by atomic mass is 10.1. The summed E-state index contributed by atoms with van der Waals surface area (Å²) in [6.07, 6.45) is 2.86. The number of rotatable bonds is 7. The fourth-order valence-electron chi connectivity index (χ4n) is 3.73. The molecule has 12 heteroatoms. The first kappa shape index (κ1) is 24.0. The van der Waals surface area contributed by atoms with Gasteiger partial charge in [0.25, 0.3) is 5.91 Å². The number of hydrogen-bond donors (Lipinski definition) is 1. The van der Waals surface area contributed by atoms with E-state index in [9.17, 15) is 22.8 Å². The molecule has 4 heterocycles. The van der Waals surface area contributed by atoms with E-state index in [0.29, 0.717) is 27.9 Å². The number of amides is 2. The van der Waals surface area contributed by atoms with E-state index in [4.69, 9.17) is 4.74 Å². The van der Waals surface area contributed by atoms with Crippen LogP contribution in [0.15, 0.2) is 43.1 Å². The van der Waals surface area contributed by atoms with Crippen molar-refractivity contribution in [3.8, 4) is 5.88 Å². The standard InChI is InChI=1S/C23H21F3N6O3/c1-13-7-15(9-30-21(13)35-12-23(24,25)26)14(2)32-11-18-17(22(32)34)3-4-29-20(18)31-19(33)8-16-10-27-5-6-28-16/h3-7,9-10,14H,8,11-12H2,1-2H3,(H,29,31,33). The molecular formula is C23H21F3N6O3. The van der Waals surface area contributed by atoms with Gasteiger partial charge in [0.1, 0.15) is 5.82 Å². The number of carbonyl (C=O) groups excluding carboxylic acids is 2. The number of alkyl halides is 3. The molecular weight excluding hydrogens is 465 g/mol. The highest BCUT2D eigenvalue weighted by molar-refractivity contribution is 6.01. The summed E-state index contributed by atoms with van der Waals surface area (Å²) in [7, 11) is 0. The Bertz CT molecular complexity index is 1250. The second kappa shape index (κ2) is 9.65. The molecule has 0 bridgehead atoms. The number of anilines is 1. The van der Waals surface area contributed by atoms with E-state index in [1.807, 2.05) is 0 Å². The van der Waals surface area contributed by atoms with Gasteiger partial charge in [-0.15, -0.1) is 0 Å². The molecule has 0 saturated heterocycles. The van der Waals surface area contributed by atoms with Gasteiger partial charge in [-0.1, -0.05) is 0 Å². The Hall–Kier alpha value is -4.09. The van der Waals surface area contributed by atoms with Crippen LogP contribution >= 0.6 is 0 Å². The van der Waals surface area contributed by atoms with Crippen molar-refractivity contribution < 1.29 is 27.5 Å². The highest BCUT2D eigenvalue weighted by Crippen LogP contribution is 2.34. The second-order valence-electron chi connectivity index (χ2n) is 8.01.